The van der Waals surface area contributed by atoms with E-state index in [1.54, 1.807) is 0 Å². The van der Waals surface area contributed by atoms with E-state index in [1.165, 1.54) is 23.1 Å². The van der Waals surface area contributed by atoms with Gasteiger partial charge in [-0.3, -0.25) is 0 Å². The van der Waals surface area contributed by atoms with Gasteiger partial charge in [-0.05, 0) is 62.8 Å². The molecule has 1 fully saturated rings. The highest BCUT2D eigenvalue weighted by atomic mass is 16.5. The molecule has 1 aliphatic carbocycles. The van der Waals surface area contributed by atoms with Gasteiger partial charge in [0, 0.05) is 18.0 Å². The van der Waals surface area contributed by atoms with E-state index in [4.69, 9.17) is 4.74 Å². The molecule has 0 spiro atoms. The zero-order valence-corrected chi connectivity index (χ0v) is 13.2. The Balaban J connectivity index is 1.66. The molecule has 0 bridgehead atoms. The number of aliphatic hydroxyl groups excluding tert-OH is 1. The van der Waals surface area contributed by atoms with E-state index in [9.17, 15) is 5.11 Å². The second kappa shape index (κ2) is 6.37. The minimum absolute atomic E-state index is 0.0857. The summed E-state index contributed by atoms with van der Waals surface area (Å²) in [6.45, 7) is 6.10. The topological polar surface area (TPSA) is 41.5 Å². The first kappa shape index (κ1) is 14.9. The van der Waals surface area contributed by atoms with Crippen LogP contribution < -0.4 is 10.1 Å². The highest BCUT2D eigenvalue weighted by Gasteiger charge is 2.25. The van der Waals surface area contributed by atoms with E-state index in [1.807, 2.05) is 0 Å². The maximum Gasteiger partial charge on any atom is 0.124 e. The van der Waals surface area contributed by atoms with Crippen molar-refractivity contribution in [3.8, 4) is 5.75 Å². The Hall–Kier alpha value is -1.06. The summed E-state index contributed by atoms with van der Waals surface area (Å²) < 4.78 is 5.82. The lowest BCUT2D eigenvalue weighted by molar-refractivity contribution is 0.0987. The molecule has 1 aromatic rings. The van der Waals surface area contributed by atoms with Crippen molar-refractivity contribution < 1.29 is 9.84 Å². The van der Waals surface area contributed by atoms with Gasteiger partial charge in [0.1, 0.15) is 5.75 Å². The third kappa shape index (κ3) is 3.41. The van der Waals surface area contributed by atoms with Crippen LogP contribution in [0.3, 0.4) is 0 Å². The highest BCUT2D eigenvalue weighted by molar-refractivity contribution is 5.44. The van der Waals surface area contributed by atoms with Crippen LogP contribution in [0.2, 0.25) is 0 Å². The predicted octanol–water partition coefficient (Wildman–Crippen LogP) is 3.27. The van der Waals surface area contributed by atoms with Crippen molar-refractivity contribution in [3.05, 3.63) is 28.8 Å². The first-order chi connectivity index (χ1) is 10.1. The molecule has 2 N–H and O–H groups in total. The standard InChI is InChI=1S/C18H27NO2/c1-12-8-16-17(6-7-21-18(16)9-13(12)2)19-11-14-4-3-5-15(20)10-14/h8-9,14-15,17,19-20H,3-7,10-11H2,1-2H3. The van der Waals surface area contributed by atoms with E-state index >= 15 is 0 Å². The maximum absolute atomic E-state index is 9.79. The zero-order chi connectivity index (χ0) is 14.8. The molecule has 116 valence electrons. The number of fused-ring (bicyclic) bond motifs is 1. The summed E-state index contributed by atoms with van der Waals surface area (Å²) in [7, 11) is 0. The second-order valence-corrected chi connectivity index (χ2v) is 6.76. The molecule has 1 heterocycles. The van der Waals surface area contributed by atoms with E-state index in [2.05, 4.69) is 31.3 Å². The van der Waals surface area contributed by atoms with Gasteiger partial charge in [-0.25, -0.2) is 0 Å². The molecule has 0 saturated heterocycles. The molecule has 1 saturated carbocycles. The smallest absolute Gasteiger partial charge is 0.124 e. The number of rotatable bonds is 3. The Labute approximate surface area is 127 Å². The molecular weight excluding hydrogens is 262 g/mol. The number of benzene rings is 1. The van der Waals surface area contributed by atoms with E-state index in [0.29, 0.717) is 12.0 Å². The summed E-state index contributed by atoms with van der Waals surface area (Å²) in [5.74, 6) is 1.66. The largest absolute Gasteiger partial charge is 0.493 e. The molecule has 3 atom stereocenters. The lowest BCUT2D eigenvalue weighted by Gasteiger charge is -2.31. The molecule has 0 aromatic heterocycles. The molecule has 0 amide bonds. The molecule has 1 aliphatic heterocycles. The molecule has 3 heteroatoms. The number of aliphatic hydroxyl groups is 1. The van der Waals surface area contributed by atoms with Gasteiger partial charge in [0.15, 0.2) is 0 Å². The summed E-state index contributed by atoms with van der Waals surface area (Å²) >= 11 is 0. The van der Waals surface area contributed by atoms with Crippen LogP contribution in [0.5, 0.6) is 5.75 Å². The van der Waals surface area contributed by atoms with Crippen LogP contribution in [0, 0.1) is 19.8 Å². The van der Waals surface area contributed by atoms with Crippen LogP contribution in [0.4, 0.5) is 0 Å². The third-order valence-corrected chi connectivity index (χ3v) is 5.07. The van der Waals surface area contributed by atoms with E-state index in [-0.39, 0.29) is 6.10 Å². The highest BCUT2D eigenvalue weighted by Crippen LogP contribution is 2.34. The SMILES string of the molecule is Cc1cc2c(cc1C)C(NCC1CCCC(O)C1)CCO2. The van der Waals surface area contributed by atoms with Crippen molar-refractivity contribution in [3.63, 3.8) is 0 Å². The fraction of sp³-hybridized carbons (Fsp3) is 0.667. The van der Waals surface area contributed by atoms with Crippen LogP contribution in [0.15, 0.2) is 12.1 Å². The molecule has 3 unspecified atom stereocenters. The molecule has 2 aliphatic rings. The third-order valence-electron chi connectivity index (χ3n) is 5.07. The Morgan fingerprint density at radius 2 is 2.00 bits per heavy atom. The number of nitrogens with one attached hydrogen (secondary N) is 1. The molecular formula is C18H27NO2. The lowest BCUT2D eigenvalue weighted by Crippen LogP contribution is -2.34. The summed E-state index contributed by atoms with van der Waals surface area (Å²) in [4.78, 5) is 0. The Kier molecular flexibility index (Phi) is 4.51. The van der Waals surface area contributed by atoms with Gasteiger partial charge in [-0.15, -0.1) is 0 Å². The van der Waals surface area contributed by atoms with Crippen molar-refractivity contribution in [2.24, 2.45) is 5.92 Å². The predicted molar refractivity (Wildman–Crippen MR) is 84.7 cm³/mol. The van der Waals surface area contributed by atoms with Gasteiger partial charge in [-0.1, -0.05) is 12.5 Å². The molecule has 0 radical (unpaired) electrons. The number of aryl methyl sites for hydroxylation is 2. The summed E-state index contributed by atoms with van der Waals surface area (Å²) in [6.07, 6.45) is 5.29. The molecule has 3 nitrogen and oxygen atoms in total. The van der Waals surface area contributed by atoms with Gasteiger partial charge in [0.2, 0.25) is 0 Å². The monoisotopic (exact) mass is 289 g/mol. The fourth-order valence-electron chi connectivity index (χ4n) is 3.62. The second-order valence-electron chi connectivity index (χ2n) is 6.76. The Morgan fingerprint density at radius 3 is 2.81 bits per heavy atom. The first-order valence-corrected chi connectivity index (χ1v) is 8.29. The molecule has 21 heavy (non-hydrogen) atoms. The van der Waals surface area contributed by atoms with E-state index < -0.39 is 0 Å². The summed E-state index contributed by atoms with van der Waals surface area (Å²) in [6, 6.07) is 4.84. The lowest BCUT2D eigenvalue weighted by atomic mass is 9.86. The van der Waals surface area contributed by atoms with Gasteiger partial charge < -0.3 is 15.2 Å². The van der Waals surface area contributed by atoms with Crippen LogP contribution in [-0.2, 0) is 0 Å². The van der Waals surface area contributed by atoms with E-state index in [0.717, 1.165) is 44.6 Å². The van der Waals surface area contributed by atoms with Crippen LogP contribution >= 0.6 is 0 Å². The quantitative estimate of drug-likeness (QED) is 0.897. The van der Waals surface area contributed by atoms with Crippen molar-refractivity contribution in [1.29, 1.82) is 0 Å². The van der Waals surface area contributed by atoms with Crippen LogP contribution in [-0.4, -0.2) is 24.4 Å². The van der Waals surface area contributed by atoms with Crippen LogP contribution in [0.25, 0.3) is 0 Å². The zero-order valence-electron chi connectivity index (χ0n) is 13.2. The van der Waals surface area contributed by atoms with Gasteiger partial charge >= 0.3 is 0 Å². The summed E-state index contributed by atoms with van der Waals surface area (Å²) in [5, 5.41) is 13.5. The van der Waals surface area contributed by atoms with Gasteiger partial charge in [0.05, 0.1) is 12.7 Å². The Bertz CT molecular complexity index is 500. The minimum Gasteiger partial charge on any atom is -0.493 e. The van der Waals surface area contributed by atoms with Crippen molar-refractivity contribution >= 4 is 0 Å². The van der Waals surface area contributed by atoms with Gasteiger partial charge in [0.25, 0.3) is 0 Å². The fourth-order valence-corrected chi connectivity index (χ4v) is 3.62. The van der Waals surface area contributed by atoms with Crippen molar-refractivity contribution in [2.75, 3.05) is 13.2 Å². The maximum atomic E-state index is 9.79. The van der Waals surface area contributed by atoms with Crippen LogP contribution in [0.1, 0.15) is 54.8 Å². The first-order valence-electron chi connectivity index (χ1n) is 8.29. The number of hydrogen-bond donors (Lipinski definition) is 2. The minimum atomic E-state index is -0.0857. The van der Waals surface area contributed by atoms with Crippen molar-refractivity contribution in [2.45, 2.75) is 58.1 Å². The Morgan fingerprint density at radius 1 is 1.19 bits per heavy atom. The normalized spacial score (nSPS) is 28.8. The average Bonchev–Trinajstić information content (AvgIpc) is 2.46. The molecule has 1 aromatic carbocycles. The van der Waals surface area contributed by atoms with Crippen molar-refractivity contribution in [1.82, 2.24) is 5.32 Å². The number of hydrogen-bond acceptors (Lipinski definition) is 3. The summed E-state index contributed by atoms with van der Waals surface area (Å²) in [5.41, 5.74) is 3.93. The van der Waals surface area contributed by atoms with Gasteiger partial charge in [-0.2, -0.15) is 0 Å². The number of ether oxygens (including phenoxy) is 1. The molecule has 3 rings (SSSR count). The average molecular weight is 289 g/mol.